The Balaban J connectivity index is 2.77. The molecule has 0 saturated carbocycles. The van der Waals surface area contributed by atoms with Gasteiger partial charge in [-0.3, -0.25) is 4.79 Å². The number of rotatable bonds is 4. The Labute approximate surface area is 142 Å². The normalized spacial score (nSPS) is 18.5. The van der Waals surface area contributed by atoms with E-state index in [0.717, 1.165) is 0 Å². The van der Waals surface area contributed by atoms with Crippen molar-refractivity contribution in [3.8, 4) is 0 Å². The van der Waals surface area contributed by atoms with Crippen molar-refractivity contribution in [2.24, 2.45) is 0 Å². The molecule has 0 aliphatic carbocycles. The van der Waals surface area contributed by atoms with Crippen LogP contribution in [0.3, 0.4) is 0 Å². The zero-order valence-corrected chi connectivity index (χ0v) is 15.0. The van der Waals surface area contributed by atoms with Gasteiger partial charge in [0.25, 0.3) is 0 Å². The van der Waals surface area contributed by atoms with Gasteiger partial charge in [0.2, 0.25) is 5.91 Å². The molecule has 0 aromatic carbocycles. The number of ether oxygens (including phenoxy) is 2. The second-order valence-corrected chi connectivity index (χ2v) is 6.96. The highest BCUT2D eigenvalue weighted by atomic mass is 16.6. The fourth-order valence-corrected chi connectivity index (χ4v) is 2.53. The molecule has 24 heavy (non-hydrogen) atoms. The number of esters is 1. The number of hydrogen-bond donors (Lipinski definition) is 2. The van der Waals surface area contributed by atoms with Gasteiger partial charge in [0.15, 0.2) is 6.04 Å². The number of carbonyl (C=O) groups excluding carboxylic acids is 3. The predicted octanol–water partition coefficient (Wildman–Crippen LogP) is 0.816. The number of piperidine rings is 1. The van der Waals surface area contributed by atoms with E-state index in [1.54, 1.807) is 27.7 Å². The summed E-state index contributed by atoms with van der Waals surface area (Å²) in [5.74, 6) is -1.11. The van der Waals surface area contributed by atoms with Crippen LogP contribution in [0.15, 0.2) is 0 Å². The lowest BCUT2D eigenvalue weighted by atomic mass is 9.84. The van der Waals surface area contributed by atoms with E-state index in [4.69, 9.17) is 9.47 Å². The molecule has 0 spiro atoms. The third-order valence-corrected chi connectivity index (χ3v) is 3.69. The van der Waals surface area contributed by atoms with Gasteiger partial charge in [-0.15, -0.1) is 0 Å². The molecule has 1 atom stereocenters. The standard InChI is InChI=1S/C16H28N2O6/c1-6-23-13(20)12(17-11(2)19)16(22)7-9-18(10-8-16)14(21)24-15(3,4)5/h12,22H,6-10H2,1-5H3,(H,17,19). The summed E-state index contributed by atoms with van der Waals surface area (Å²) in [5.41, 5.74) is -2.06. The monoisotopic (exact) mass is 344 g/mol. The van der Waals surface area contributed by atoms with E-state index in [9.17, 15) is 19.5 Å². The van der Waals surface area contributed by atoms with Crippen LogP contribution in [0.2, 0.25) is 0 Å². The van der Waals surface area contributed by atoms with Gasteiger partial charge in [-0.2, -0.15) is 0 Å². The molecule has 8 heteroatoms. The smallest absolute Gasteiger partial charge is 0.410 e. The minimum atomic E-state index is -1.46. The predicted molar refractivity (Wildman–Crippen MR) is 86.2 cm³/mol. The first-order valence-electron chi connectivity index (χ1n) is 8.12. The zero-order chi connectivity index (χ0) is 18.5. The molecule has 2 amide bonds. The molecule has 1 aliphatic heterocycles. The summed E-state index contributed by atoms with van der Waals surface area (Å²) in [5, 5.41) is 13.3. The van der Waals surface area contributed by atoms with Crippen LogP contribution in [-0.2, 0) is 19.1 Å². The van der Waals surface area contributed by atoms with Crippen molar-refractivity contribution >= 4 is 18.0 Å². The number of aliphatic hydroxyl groups is 1. The van der Waals surface area contributed by atoms with Crippen molar-refractivity contribution in [3.05, 3.63) is 0 Å². The Bertz CT molecular complexity index is 477. The molecule has 0 aromatic rings. The lowest BCUT2D eigenvalue weighted by Gasteiger charge is -2.41. The Kier molecular flexibility index (Phi) is 6.59. The van der Waals surface area contributed by atoms with Crippen LogP contribution in [0, 0.1) is 0 Å². The number of amides is 2. The SMILES string of the molecule is CCOC(=O)C(NC(C)=O)C1(O)CCN(C(=O)OC(C)(C)C)CC1. The second kappa shape index (κ2) is 7.83. The van der Waals surface area contributed by atoms with E-state index < -0.39 is 35.2 Å². The van der Waals surface area contributed by atoms with Gasteiger partial charge in [-0.25, -0.2) is 9.59 Å². The molecule has 1 unspecified atom stereocenters. The number of carbonyl (C=O) groups is 3. The Morgan fingerprint density at radius 3 is 2.21 bits per heavy atom. The van der Waals surface area contributed by atoms with E-state index in [-0.39, 0.29) is 32.5 Å². The molecule has 0 aromatic heterocycles. The minimum Gasteiger partial charge on any atom is -0.464 e. The maximum absolute atomic E-state index is 12.1. The van der Waals surface area contributed by atoms with Crippen LogP contribution in [0.5, 0.6) is 0 Å². The third kappa shape index (κ3) is 5.67. The van der Waals surface area contributed by atoms with Crippen molar-refractivity contribution in [3.63, 3.8) is 0 Å². The highest BCUT2D eigenvalue weighted by molar-refractivity contribution is 5.84. The van der Waals surface area contributed by atoms with Crippen molar-refractivity contribution < 1.29 is 29.0 Å². The van der Waals surface area contributed by atoms with Gasteiger partial charge in [0.05, 0.1) is 12.2 Å². The fourth-order valence-electron chi connectivity index (χ4n) is 2.53. The van der Waals surface area contributed by atoms with Crippen LogP contribution >= 0.6 is 0 Å². The van der Waals surface area contributed by atoms with E-state index in [1.807, 2.05) is 0 Å². The van der Waals surface area contributed by atoms with Gasteiger partial charge in [0, 0.05) is 20.0 Å². The number of nitrogens with zero attached hydrogens (tertiary/aromatic N) is 1. The molecule has 1 rings (SSSR count). The summed E-state index contributed by atoms with van der Waals surface area (Å²) in [6.45, 7) is 8.84. The average molecular weight is 344 g/mol. The number of hydrogen-bond acceptors (Lipinski definition) is 6. The van der Waals surface area contributed by atoms with Gasteiger partial charge in [0.1, 0.15) is 5.60 Å². The van der Waals surface area contributed by atoms with Gasteiger partial charge in [-0.1, -0.05) is 0 Å². The Morgan fingerprint density at radius 1 is 1.25 bits per heavy atom. The quantitative estimate of drug-likeness (QED) is 0.732. The summed E-state index contributed by atoms with van der Waals surface area (Å²) in [6.07, 6.45) is -0.191. The minimum absolute atomic E-state index is 0.135. The summed E-state index contributed by atoms with van der Waals surface area (Å²) in [4.78, 5) is 37.0. The first kappa shape index (κ1) is 20.2. The summed E-state index contributed by atoms with van der Waals surface area (Å²) in [7, 11) is 0. The Hall–Kier alpha value is -1.83. The van der Waals surface area contributed by atoms with Crippen molar-refractivity contribution in [1.82, 2.24) is 10.2 Å². The molecule has 1 aliphatic rings. The van der Waals surface area contributed by atoms with E-state index in [2.05, 4.69) is 5.32 Å². The van der Waals surface area contributed by atoms with E-state index in [1.165, 1.54) is 11.8 Å². The molecule has 138 valence electrons. The topological polar surface area (TPSA) is 105 Å². The number of likely N-dealkylation sites (tertiary alicyclic amines) is 1. The largest absolute Gasteiger partial charge is 0.464 e. The molecule has 1 fully saturated rings. The molecule has 8 nitrogen and oxygen atoms in total. The van der Waals surface area contributed by atoms with Crippen molar-refractivity contribution in [2.75, 3.05) is 19.7 Å². The molecule has 0 radical (unpaired) electrons. The highest BCUT2D eigenvalue weighted by Crippen LogP contribution is 2.27. The molecular formula is C16H28N2O6. The molecule has 2 N–H and O–H groups in total. The molecule has 1 heterocycles. The second-order valence-electron chi connectivity index (χ2n) is 6.96. The van der Waals surface area contributed by atoms with Crippen LogP contribution in [-0.4, -0.2) is 64.9 Å². The van der Waals surface area contributed by atoms with Crippen molar-refractivity contribution in [1.29, 1.82) is 0 Å². The van der Waals surface area contributed by atoms with Gasteiger partial charge >= 0.3 is 12.1 Å². The fraction of sp³-hybridized carbons (Fsp3) is 0.812. The number of nitrogens with one attached hydrogen (secondary N) is 1. The van der Waals surface area contributed by atoms with Crippen LogP contribution in [0.25, 0.3) is 0 Å². The van der Waals surface area contributed by atoms with Crippen molar-refractivity contribution in [2.45, 2.75) is 64.7 Å². The van der Waals surface area contributed by atoms with Crippen LogP contribution < -0.4 is 5.32 Å². The third-order valence-electron chi connectivity index (χ3n) is 3.69. The molecule has 0 bridgehead atoms. The average Bonchev–Trinajstić information content (AvgIpc) is 2.43. The first-order chi connectivity index (χ1) is 11.0. The van der Waals surface area contributed by atoms with E-state index in [0.29, 0.717) is 0 Å². The van der Waals surface area contributed by atoms with E-state index >= 15 is 0 Å². The first-order valence-corrected chi connectivity index (χ1v) is 8.12. The lowest BCUT2D eigenvalue weighted by Crippen LogP contribution is -2.61. The summed E-state index contributed by atoms with van der Waals surface area (Å²) < 4.78 is 10.2. The Morgan fingerprint density at radius 2 is 1.79 bits per heavy atom. The lowest BCUT2D eigenvalue weighted by molar-refractivity contribution is -0.158. The van der Waals surface area contributed by atoms with Crippen LogP contribution in [0.1, 0.15) is 47.5 Å². The van der Waals surface area contributed by atoms with Gasteiger partial charge in [-0.05, 0) is 40.5 Å². The van der Waals surface area contributed by atoms with Gasteiger partial charge < -0.3 is 24.8 Å². The molecular weight excluding hydrogens is 316 g/mol. The van der Waals surface area contributed by atoms with Crippen LogP contribution in [0.4, 0.5) is 4.79 Å². The highest BCUT2D eigenvalue weighted by Gasteiger charge is 2.46. The summed E-state index contributed by atoms with van der Waals surface area (Å²) >= 11 is 0. The molecule has 1 saturated heterocycles. The maximum Gasteiger partial charge on any atom is 0.410 e. The maximum atomic E-state index is 12.1. The summed E-state index contributed by atoms with van der Waals surface area (Å²) in [6, 6.07) is -1.16. The zero-order valence-electron chi connectivity index (χ0n) is 15.0.